The van der Waals surface area contributed by atoms with E-state index in [9.17, 15) is 4.79 Å². The molecule has 110 valence electrons. The Morgan fingerprint density at radius 2 is 2.30 bits per heavy atom. The number of hydrogen-bond acceptors (Lipinski definition) is 6. The third kappa shape index (κ3) is 3.64. The standard InChI is InChI=1S/C13H22N6O/c1-9(2)19-6-5-10(8-19)7-15-13(20)11-3-4-12(16-14)18-17-11/h3-4,9-10H,5-8,14H2,1-2H3,(H,15,20)(H,16,18). The van der Waals surface area contributed by atoms with Crippen LogP contribution in [0.25, 0.3) is 0 Å². The smallest absolute Gasteiger partial charge is 0.271 e. The molecule has 1 saturated heterocycles. The number of nitrogens with one attached hydrogen (secondary N) is 2. The Morgan fingerprint density at radius 3 is 2.85 bits per heavy atom. The number of rotatable bonds is 5. The molecule has 7 nitrogen and oxygen atoms in total. The van der Waals surface area contributed by atoms with E-state index in [1.165, 1.54) is 0 Å². The molecule has 1 aromatic rings. The van der Waals surface area contributed by atoms with E-state index in [-0.39, 0.29) is 5.91 Å². The van der Waals surface area contributed by atoms with Crippen molar-refractivity contribution in [2.24, 2.45) is 11.8 Å². The van der Waals surface area contributed by atoms with Crippen molar-refractivity contribution in [3.8, 4) is 0 Å². The maximum Gasteiger partial charge on any atom is 0.271 e. The van der Waals surface area contributed by atoms with Gasteiger partial charge in [0, 0.05) is 19.1 Å². The molecule has 1 aliphatic rings. The van der Waals surface area contributed by atoms with Crippen LogP contribution in [0.5, 0.6) is 0 Å². The first-order chi connectivity index (χ1) is 9.60. The topological polar surface area (TPSA) is 96.2 Å². The second kappa shape index (κ2) is 6.62. The molecule has 1 aromatic heterocycles. The first-order valence-electron chi connectivity index (χ1n) is 6.92. The number of amides is 1. The lowest BCUT2D eigenvalue weighted by Crippen LogP contribution is -2.33. The van der Waals surface area contributed by atoms with Crippen molar-refractivity contribution in [3.63, 3.8) is 0 Å². The Labute approximate surface area is 118 Å². The van der Waals surface area contributed by atoms with Crippen LogP contribution in [0, 0.1) is 5.92 Å². The van der Waals surface area contributed by atoms with Crippen LogP contribution in [0.4, 0.5) is 5.82 Å². The molecule has 2 heterocycles. The average molecular weight is 278 g/mol. The van der Waals surface area contributed by atoms with Crippen molar-refractivity contribution in [3.05, 3.63) is 17.8 Å². The molecule has 0 aromatic carbocycles. The molecule has 1 aliphatic heterocycles. The first kappa shape index (κ1) is 14.7. The highest BCUT2D eigenvalue weighted by Gasteiger charge is 2.24. The van der Waals surface area contributed by atoms with E-state index in [1.54, 1.807) is 12.1 Å². The number of hydrazine groups is 1. The van der Waals surface area contributed by atoms with Gasteiger partial charge in [-0.2, -0.15) is 0 Å². The summed E-state index contributed by atoms with van der Waals surface area (Å²) in [5.41, 5.74) is 2.68. The average Bonchev–Trinajstić information content (AvgIpc) is 2.94. The van der Waals surface area contributed by atoms with Crippen molar-refractivity contribution >= 4 is 11.7 Å². The van der Waals surface area contributed by atoms with Gasteiger partial charge < -0.3 is 15.6 Å². The largest absolute Gasteiger partial charge is 0.350 e. The molecule has 1 atom stereocenters. The Morgan fingerprint density at radius 1 is 1.50 bits per heavy atom. The van der Waals surface area contributed by atoms with E-state index >= 15 is 0 Å². The van der Waals surface area contributed by atoms with Gasteiger partial charge in [-0.15, -0.1) is 10.2 Å². The zero-order valence-electron chi connectivity index (χ0n) is 12.0. The predicted molar refractivity (Wildman–Crippen MR) is 77.0 cm³/mol. The van der Waals surface area contributed by atoms with Gasteiger partial charge in [0.2, 0.25) is 0 Å². The lowest BCUT2D eigenvalue weighted by Gasteiger charge is -2.20. The summed E-state index contributed by atoms with van der Waals surface area (Å²) in [4.78, 5) is 14.4. The molecule has 0 spiro atoms. The van der Waals surface area contributed by atoms with Gasteiger partial charge in [0.05, 0.1) is 0 Å². The number of nitrogens with two attached hydrogens (primary N) is 1. The van der Waals surface area contributed by atoms with Crippen molar-refractivity contribution in [1.82, 2.24) is 20.4 Å². The Balaban J connectivity index is 1.80. The number of nitrogen functional groups attached to an aromatic ring is 1. The zero-order chi connectivity index (χ0) is 14.5. The van der Waals surface area contributed by atoms with E-state index in [2.05, 4.69) is 39.7 Å². The van der Waals surface area contributed by atoms with Gasteiger partial charge in [-0.1, -0.05) is 0 Å². The van der Waals surface area contributed by atoms with Crippen molar-refractivity contribution < 1.29 is 4.79 Å². The molecule has 0 saturated carbocycles. The Hall–Kier alpha value is -1.73. The van der Waals surface area contributed by atoms with E-state index < -0.39 is 0 Å². The third-order valence-corrected chi connectivity index (χ3v) is 3.64. The van der Waals surface area contributed by atoms with Gasteiger partial charge in [-0.3, -0.25) is 4.79 Å². The van der Waals surface area contributed by atoms with Crippen LogP contribution in [0.3, 0.4) is 0 Å². The molecule has 0 aliphatic carbocycles. The van der Waals surface area contributed by atoms with E-state index in [1.807, 2.05) is 0 Å². The minimum absolute atomic E-state index is 0.191. The SMILES string of the molecule is CC(C)N1CCC(CNC(=O)c2ccc(NN)nn2)C1. The second-order valence-electron chi connectivity index (χ2n) is 5.40. The number of hydrogen-bond donors (Lipinski definition) is 3. The summed E-state index contributed by atoms with van der Waals surface area (Å²) in [5.74, 6) is 5.95. The first-order valence-corrected chi connectivity index (χ1v) is 6.92. The fraction of sp³-hybridized carbons (Fsp3) is 0.615. The quantitative estimate of drug-likeness (QED) is 0.527. The molecule has 1 amide bonds. The normalized spacial score (nSPS) is 19.3. The highest BCUT2D eigenvalue weighted by Crippen LogP contribution is 2.17. The van der Waals surface area contributed by atoms with Crippen molar-refractivity contribution in [2.45, 2.75) is 26.3 Å². The number of carbonyl (C=O) groups is 1. The monoisotopic (exact) mass is 278 g/mol. The van der Waals surface area contributed by atoms with Gasteiger partial charge in [-0.25, -0.2) is 5.84 Å². The number of carbonyl (C=O) groups excluding carboxylic acids is 1. The third-order valence-electron chi connectivity index (χ3n) is 3.64. The molecule has 1 fully saturated rings. The van der Waals surface area contributed by atoms with Gasteiger partial charge in [0.15, 0.2) is 11.5 Å². The summed E-state index contributed by atoms with van der Waals surface area (Å²) in [6, 6.07) is 3.79. The van der Waals surface area contributed by atoms with Gasteiger partial charge in [-0.05, 0) is 44.9 Å². The maximum atomic E-state index is 11.9. The van der Waals surface area contributed by atoms with Crippen LogP contribution in [-0.4, -0.2) is 46.7 Å². The van der Waals surface area contributed by atoms with E-state index in [0.717, 1.165) is 19.5 Å². The van der Waals surface area contributed by atoms with E-state index in [4.69, 9.17) is 5.84 Å². The fourth-order valence-corrected chi connectivity index (χ4v) is 2.36. The van der Waals surface area contributed by atoms with Gasteiger partial charge in [0.25, 0.3) is 5.91 Å². The lowest BCUT2D eigenvalue weighted by atomic mass is 10.1. The van der Waals surface area contributed by atoms with Crippen LogP contribution < -0.4 is 16.6 Å². The Bertz CT molecular complexity index is 447. The molecular formula is C13H22N6O. The van der Waals surface area contributed by atoms with Crippen LogP contribution in [-0.2, 0) is 0 Å². The number of nitrogens with zero attached hydrogens (tertiary/aromatic N) is 3. The summed E-state index contributed by atoms with van der Waals surface area (Å²) < 4.78 is 0. The minimum atomic E-state index is -0.191. The molecule has 20 heavy (non-hydrogen) atoms. The van der Waals surface area contributed by atoms with Crippen LogP contribution >= 0.6 is 0 Å². The summed E-state index contributed by atoms with van der Waals surface area (Å²) in [5, 5.41) is 10.5. The molecule has 2 rings (SSSR count). The summed E-state index contributed by atoms with van der Waals surface area (Å²) in [6.45, 7) is 7.22. The molecule has 4 N–H and O–H groups in total. The van der Waals surface area contributed by atoms with Crippen molar-refractivity contribution in [2.75, 3.05) is 25.1 Å². The van der Waals surface area contributed by atoms with Gasteiger partial charge >= 0.3 is 0 Å². The maximum absolute atomic E-state index is 11.9. The summed E-state index contributed by atoms with van der Waals surface area (Å²) in [7, 11) is 0. The molecule has 0 bridgehead atoms. The number of anilines is 1. The number of likely N-dealkylation sites (tertiary alicyclic amines) is 1. The van der Waals surface area contributed by atoms with Crippen LogP contribution in [0.15, 0.2) is 12.1 Å². The highest BCUT2D eigenvalue weighted by molar-refractivity contribution is 5.92. The second-order valence-corrected chi connectivity index (χ2v) is 5.40. The molecular weight excluding hydrogens is 256 g/mol. The molecule has 0 radical (unpaired) electrons. The Kier molecular flexibility index (Phi) is 4.86. The van der Waals surface area contributed by atoms with E-state index in [0.29, 0.717) is 30.0 Å². The fourth-order valence-electron chi connectivity index (χ4n) is 2.36. The highest BCUT2D eigenvalue weighted by atomic mass is 16.1. The van der Waals surface area contributed by atoms with Crippen molar-refractivity contribution in [1.29, 1.82) is 0 Å². The molecule has 7 heteroatoms. The van der Waals surface area contributed by atoms with Gasteiger partial charge in [0.1, 0.15) is 0 Å². The van der Waals surface area contributed by atoms with Crippen LogP contribution in [0.2, 0.25) is 0 Å². The number of aromatic nitrogens is 2. The summed E-state index contributed by atoms with van der Waals surface area (Å²) in [6.07, 6.45) is 1.13. The predicted octanol–water partition coefficient (Wildman–Crippen LogP) is 0.222. The zero-order valence-corrected chi connectivity index (χ0v) is 12.0. The molecule has 1 unspecified atom stereocenters. The minimum Gasteiger partial charge on any atom is -0.350 e. The lowest BCUT2D eigenvalue weighted by molar-refractivity contribution is 0.0941. The van der Waals surface area contributed by atoms with Crippen LogP contribution in [0.1, 0.15) is 30.8 Å². The summed E-state index contributed by atoms with van der Waals surface area (Å²) >= 11 is 0.